The van der Waals surface area contributed by atoms with Crippen LogP contribution in [-0.2, 0) is 9.59 Å². The maximum Gasteiger partial charge on any atom is 0.323 e. The largest absolute Gasteiger partial charge is 0.520 e. The van der Waals surface area contributed by atoms with Crippen molar-refractivity contribution in [1.29, 1.82) is 0 Å². The van der Waals surface area contributed by atoms with Gasteiger partial charge in [-0.15, -0.1) is 0 Å². The first kappa shape index (κ1) is 14.4. The van der Waals surface area contributed by atoms with Crippen LogP contribution in [0.1, 0.15) is 25.7 Å². The number of amides is 1. The van der Waals surface area contributed by atoms with E-state index in [2.05, 4.69) is 5.32 Å². The molecule has 0 heterocycles. The normalized spacial score (nSPS) is 11.2. The minimum atomic E-state index is -1.02. The molecule has 0 radical (unpaired) electrons. The van der Waals surface area contributed by atoms with E-state index in [-0.39, 0.29) is 0 Å². The molecule has 0 aliphatic rings. The Morgan fingerprint density at radius 2 is 2.07 bits per heavy atom. The van der Waals surface area contributed by atoms with E-state index in [4.69, 9.17) is 10.8 Å². The van der Waals surface area contributed by atoms with E-state index >= 15 is 0 Å². The molecule has 0 aromatic rings. The predicted octanol–water partition coefficient (Wildman–Crippen LogP) is -0.384. The fourth-order valence-corrected chi connectivity index (χ4v) is 0.998. The summed E-state index contributed by atoms with van der Waals surface area (Å²) in [6.45, 7) is 0.616. The Labute approximate surface area is 77.3 Å². The molecule has 0 aromatic heterocycles. The number of nitrogens with one attached hydrogen (secondary N) is 1. The molecule has 0 spiro atoms. The molecule has 0 aliphatic heterocycles. The van der Waals surface area contributed by atoms with Crippen molar-refractivity contribution in [3.63, 3.8) is 0 Å². The van der Waals surface area contributed by atoms with Gasteiger partial charge in [-0.3, -0.25) is 4.79 Å². The van der Waals surface area contributed by atoms with E-state index in [1.165, 1.54) is 6.41 Å². The molecule has 0 saturated heterocycles. The van der Waals surface area contributed by atoms with Gasteiger partial charge in [-0.25, -0.2) is 0 Å². The van der Waals surface area contributed by atoms with Gasteiger partial charge in [0.1, 0.15) is 0 Å². The summed E-state index contributed by atoms with van der Waals surface area (Å²) < 4.78 is 0. The van der Waals surface area contributed by atoms with Crippen molar-refractivity contribution in [2.75, 3.05) is 6.54 Å². The Morgan fingerprint density at radius 3 is 2.50 bits per heavy atom. The molecule has 5 nitrogen and oxygen atoms in total. The first-order valence-electron chi connectivity index (χ1n) is 4.28. The van der Waals surface area contributed by atoms with Crippen LogP contribution < -0.4 is 11.1 Å². The van der Waals surface area contributed by atoms with Gasteiger partial charge in [-0.2, -0.15) is 6.41 Å². The third-order valence-electron chi connectivity index (χ3n) is 1.73. The van der Waals surface area contributed by atoms with Gasteiger partial charge in [-0.1, -0.05) is 12.8 Å². The zero-order valence-corrected chi connectivity index (χ0v) is 10.1. The van der Waals surface area contributed by atoms with Crippen molar-refractivity contribution in [2.24, 2.45) is 5.73 Å². The van der Waals surface area contributed by atoms with Crippen LogP contribution in [0.5, 0.6) is 0 Å². The topological polar surface area (TPSA) is 92.4 Å². The van der Waals surface area contributed by atoms with E-state index in [9.17, 15) is 9.59 Å². The predicted molar refractivity (Wildman–Crippen MR) is 47.8 cm³/mol. The van der Waals surface area contributed by atoms with Crippen molar-refractivity contribution >= 4 is 12.4 Å². The van der Waals surface area contributed by atoms with Gasteiger partial charge in [0.2, 0.25) is 0 Å². The van der Waals surface area contributed by atoms with Gasteiger partial charge < -0.3 is 21.0 Å². The second-order valence-electron chi connectivity index (χ2n) is 2.78. The fraction of sp³-hybridized carbons (Fsp3) is 0.750. The smallest absolute Gasteiger partial charge is 0.323 e. The number of unbranched alkanes of at least 4 members (excludes halogenated alkanes) is 2. The summed E-state index contributed by atoms with van der Waals surface area (Å²) >= 11 is 0. The van der Waals surface area contributed by atoms with Crippen LogP contribution in [0.4, 0.5) is 0 Å². The third-order valence-corrected chi connectivity index (χ3v) is 1.73. The molecule has 0 saturated carbocycles. The average Bonchev–Trinajstić information content (AvgIpc) is 2.10. The molecule has 14 heavy (non-hydrogen) atoms. The van der Waals surface area contributed by atoms with Gasteiger partial charge in [-0.05, 0) is 19.4 Å². The van der Waals surface area contributed by atoms with Gasteiger partial charge in [0.15, 0.2) is 0 Å². The van der Waals surface area contributed by atoms with Crippen molar-refractivity contribution < 1.29 is 14.7 Å². The minimum absolute atomic E-state index is 0. The Hall–Kier alpha value is -2.10. The van der Waals surface area contributed by atoms with E-state index in [0.717, 1.165) is 19.3 Å². The zero-order valence-electron chi connectivity index (χ0n) is 7.74. The summed E-state index contributed by atoms with van der Waals surface area (Å²) in [5.74, 6) is -1.02. The van der Waals surface area contributed by atoms with Crippen LogP contribution in [-0.4, -0.2) is 30.1 Å². The van der Waals surface area contributed by atoms with Crippen molar-refractivity contribution in [3.8, 4) is 0 Å². The molecule has 1 amide bonds. The third kappa shape index (κ3) is 6.60. The summed E-state index contributed by atoms with van der Waals surface area (Å²) in [5.41, 5.74) is 5.27. The summed E-state index contributed by atoms with van der Waals surface area (Å²) in [7, 11) is 0. The molecule has 0 aromatic carbocycles. The van der Waals surface area contributed by atoms with Gasteiger partial charge in [0, 0.05) is 0 Å². The Kier molecular flexibility index (Phi) is 9.27. The van der Waals surface area contributed by atoms with Gasteiger partial charge in [0.05, 0.1) is 6.04 Å². The maximum atomic E-state index is 10.5. The van der Waals surface area contributed by atoms with Crippen molar-refractivity contribution in [1.82, 2.24) is 5.32 Å². The number of rotatable bonds is 8. The first-order chi connectivity index (χ1) is 6.22. The number of hydrogen-bond acceptors (Lipinski definition) is 3. The zero-order chi connectivity index (χ0) is 10.1. The molecule has 1 unspecified atom stereocenters. The number of nitrogens with two attached hydrogens (primary N) is 1. The van der Waals surface area contributed by atoms with E-state index < -0.39 is 12.0 Å². The molecule has 0 bridgehead atoms. The molecular formula is C8H15FmN2O3-. The standard InChI is InChI=1S/C8H15N2O3.Fm/c9-5-3-1-2-4-7(8(12)13)10-6-11;/h7H,1-5,9H2,(H,10,11)(H,12,13);/q-1;. The Bertz CT molecular complexity index is 167. The van der Waals surface area contributed by atoms with Crippen molar-refractivity contribution in [2.45, 2.75) is 31.7 Å². The van der Waals surface area contributed by atoms with E-state index in [1.54, 1.807) is 0 Å². The SMILES string of the molecule is NCCCCCC(N[C-]=O)C(=O)O.[Fm]. The molecule has 0 fully saturated rings. The molecular weight excluding hydrogens is 429 g/mol. The van der Waals surface area contributed by atoms with Crippen LogP contribution in [0.25, 0.3) is 0 Å². The maximum absolute atomic E-state index is 10.5. The van der Waals surface area contributed by atoms with Gasteiger partial charge >= 0.3 is 5.97 Å². The Morgan fingerprint density at radius 1 is 1.43 bits per heavy atom. The number of hydrogen-bond donors (Lipinski definition) is 3. The quantitative estimate of drug-likeness (QED) is 0.271. The van der Waals surface area contributed by atoms with Crippen LogP contribution >= 0.6 is 0 Å². The molecule has 88 valence electrons. The number of carboxylic acids is 1. The summed E-state index contributed by atoms with van der Waals surface area (Å²) in [5, 5.41) is 10.7. The molecule has 0 aliphatic carbocycles. The summed E-state index contributed by atoms with van der Waals surface area (Å²) in [4.78, 5) is 20.4. The van der Waals surface area contributed by atoms with Crippen molar-refractivity contribution in [3.05, 3.63) is 0 Å². The number of carboxylic acid groups (broad SMARTS) is 1. The second kappa shape index (κ2) is 8.99. The first-order valence-corrected chi connectivity index (χ1v) is 4.28. The van der Waals surface area contributed by atoms with Crippen LogP contribution in [0.2, 0.25) is 0 Å². The van der Waals surface area contributed by atoms with E-state index in [0.29, 0.717) is 13.0 Å². The molecule has 0 rings (SSSR count). The molecule has 6 heteroatoms. The number of aliphatic carboxylic acids is 1. The number of carbonyl (C=O) groups is 1. The molecule has 1 atom stereocenters. The monoisotopic (exact) mass is 444 g/mol. The van der Waals surface area contributed by atoms with E-state index in [1.807, 2.05) is 0 Å². The number of carbonyl (C=O) groups excluding carboxylic acids is 1. The average molecular weight is 444 g/mol. The second-order valence-corrected chi connectivity index (χ2v) is 2.78. The summed E-state index contributed by atoms with van der Waals surface area (Å²) in [6.07, 6.45) is 4.35. The minimum Gasteiger partial charge on any atom is -0.520 e. The molecule has 4 N–H and O–H groups in total. The summed E-state index contributed by atoms with van der Waals surface area (Å²) in [6, 6.07) is -0.810. The van der Waals surface area contributed by atoms with Crippen LogP contribution in [0, 0.1) is 0 Å². The van der Waals surface area contributed by atoms with Crippen LogP contribution in [0.15, 0.2) is 0 Å². The van der Waals surface area contributed by atoms with Crippen LogP contribution in [0.3, 0.4) is 0 Å². The fourth-order valence-electron chi connectivity index (χ4n) is 0.998. The Balaban J connectivity index is 0. The van der Waals surface area contributed by atoms with Gasteiger partial charge in [0.25, 0.3) is 0 Å².